The highest BCUT2D eigenvalue weighted by molar-refractivity contribution is 8.00. The molecule has 7 heteroatoms. The molecule has 124 valence electrons. The Morgan fingerprint density at radius 3 is 3.13 bits per heavy atom. The van der Waals surface area contributed by atoms with E-state index in [1.807, 2.05) is 23.9 Å². The molecule has 3 rings (SSSR count). The molecule has 1 aromatic rings. The quantitative estimate of drug-likeness (QED) is 0.520. The van der Waals surface area contributed by atoms with Crippen molar-refractivity contribution in [3.05, 3.63) is 30.1 Å². The summed E-state index contributed by atoms with van der Waals surface area (Å²) in [5.41, 5.74) is 1.01. The Bertz CT molecular complexity index is 554. The molecule has 2 aliphatic rings. The summed E-state index contributed by atoms with van der Waals surface area (Å²) >= 11 is 1.92. The van der Waals surface area contributed by atoms with Gasteiger partial charge in [0.05, 0.1) is 12.1 Å². The first kappa shape index (κ1) is 16.1. The van der Waals surface area contributed by atoms with Crippen molar-refractivity contribution < 1.29 is 9.59 Å². The van der Waals surface area contributed by atoms with Crippen LogP contribution in [0, 0.1) is 0 Å². The van der Waals surface area contributed by atoms with E-state index in [0.29, 0.717) is 18.2 Å². The molecule has 0 aromatic carbocycles. The number of amides is 3. The average molecular weight is 334 g/mol. The van der Waals surface area contributed by atoms with Crippen LogP contribution in [0.1, 0.15) is 31.2 Å². The molecular formula is C16H22N4O2S. The Labute approximate surface area is 140 Å². The molecule has 0 radical (unpaired) electrons. The van der Waals surface area contributed by atoms with Gasteiger partial charge in [-0.15, -0.1) is 0 Å². The Hall–Kier alpha value is -1.76. The van der Waals surface area contributed by atoms with Crippen LogP contribution < -0.4 is 16.0 Å². The highest BCUT2D eigenvalue weighted by Crippen LogP contribution is 2.33. The zero-order chi connectivity index (χ0) is 16.1. The van der Waals surface area contributed by atoms with Crippen LogP contribution in [0.3, 0.4) is 0 Å². The lowest BCUT2D eigenvalue weighted by Crippen LogP contribution is -2.36. The highest BCUT2D eigenvalue weighted by atomic mass is 32.2. The predicted octanol–water partition coefficient (Wildman–Crippen LogP) is 1.42. The number of thioether (sulfide) groups is 1. The van der Waals surface area contributed by atoms with Gasteiger partial charge in [-0.05, 0) is 24.5 Å². The Balaban J connectivity index is 1.29. The molecular weight excluding hydrogens is 312 g/mol. The van der Waals surface area contributed by atoms with Gasteiger partial charge in [-0.2, -0.15) is 11.8 Å². The van der Waals surface area contributed by atoms with Crippen molar-refractivity contribution in [1.82, 2.24) is 20.9 Å². The number of carbonyl (C=O) groups is 2. The molecule has 0 unspecified atom stereocenters. The molecule has 2 aliphatic heterocycles. The van der Waals surface area contributed by atoms with Gasteiger partial charge in [-0.25, -0.2) is 4.79 Å². The molecule has 3 N–H and O–H groups in total. The Kier molecular flexibility index (Phi) is 5.38. The Morgan fingerprint density at radius 2 is 2.30 bits per heavy atom. The number of aromatic nitrogens is 1. The third-order valence-corrected chi connectivity index (χ3v) is 5.80. The second-order valence-electron chi connectivity index (χ2n) is 6.01. The molecule has 0 saturated carbocycles. The lowest BCUT2D eigenvalue weighted by molar-refractivity contribution is -0.121. The Morgan fingerprint density at radius 1 is 1.39 bits per heavy atom. The minimum absolute atomic E-state index is 0.0416. The van der Waals surface area contributed by atoms with E-state index in [0.717, 1.165) is 30.6 Å². The van der Waals surface area contributed by atoms with Crippen LogP contribution in [-0.4, -0.2) is 40.0 Å². The van der Waals surface area contributed by atoms with E-state index in [4.69, 9.17) is 0 Å². The van der Waals surface area contributed by atoms with Gasteiger partial charge in [0, 0.05) is 36.4 Å². The first-order valence-electron chi connectivity index (χ1n) is 8.06. The highest BCUT2D eigenvalue weighted by Gasteiger charge is 2.42. The van der Waals surface area contributed by atoms with E-state index in [2.05, 4.69) is 20.9 Å². The topological polar surface area (TPSA) is 83.1 Å². The van der Waals surface area contributed by atoms with Crippen molar-refractivity contribution in [2.24, 2.45) is 0 Å². The van der Waals surface area contributed by atoms with Gasteiger partial charge in [0.15, 0.2) is 0 Å². The van der Waals surface area contributed by atoms with Crippen molar-refractivity contribution in [2.45, 2.75) is 49.6 Å². The van der Waals surface area contributed by atoms with E-state index in [-0.39, 0.29) is 24.0 Å². The lowest BCUT2D eigenvalue weighted by atomic mass is 10.0. The van der Waals surface area contributed by atoms with Gasteiger partial charge in [0.25, 0.3) is 0 Å². The van der Waals surface area contributed by atoms with Gasteiger partial charge >= 0.3 is 6.03 Å². The fourth-order valence-electron chi connectivity index (χ4n) is 3.07. The number of nitrogens with one attached hydrogen (secondary N) is 3. The number of pyridine rings is 1. The first-order valence-corrected chi connectivity index (χ1v) is 9.11. The summed E-state index contributed by atoms with van der Waals surface area (Å²) in [5, 5.41) is 9.33. The normalized spacial score (nSPS) is 25.6. The SMILES string of the molecule is O=C(CCCC[C@@H]1SC[C@@H]2NC(=O)N[C@@H]21)NCc1cccnc1. The third-order valence-electron chi connectivity index (χ3n) is 4.29. The van der Waals surface area contributed by atoms with Crippen molar-refractivity contribution in [2.75, 3.05) is 5.75 Å². The number of nitrogens with zero attached hydrogens (tertiary/aromatic N) is 1. The van der Waals surface area contributed by atoms with Crippen molar-refractivity contribution >= 4 is 23.7 Å². The van der Waals surface area contributed by atoms with Gasteiger partial charge in [-0.1, -0.05) is 12.5 Å². The number of urea groups is 1. The van der Waals surface area contributed by atoms with Crippen LogP contribution in [0.2, 0.25) is 0 Å². The lowest BCUT2D eigenvalue weighted by Gasteiger charge is -2.16. The van der Waals surface area contributed by atoms with Gasteiger partial charge in [-0.3, -0.25) is 9.78 Å². The summed E-state index contributed by atoms with van der Waals surface area (Å²) in [7, 11) is 0. The average Bonchev–Trinajstić information content (AvgIpc) is 3.10. The zero-order valence-corrected chi connectivity index (χ0v) is 13.8. The van der Waals surface area contributed by atoms with E-state index in [9.17, 15) is 9.59 Å². The number of fused-ring (bicyclic) bond motifs is 1. The number of hydrogen-bond donors (Lipinski definition) is 3. The molecule has 2 saturated heterocycles. The summed E-state index contributed by atoms with van der Waals surface area (Å²) in [4.78, 5) is 27.2. The maximum atomic E-state index is 11.8. The molecule has 23 heavy (non-hydrogen) atoms. The summed E-state index contributed by atoms with van der Waals surface area (Å²) in [6, 6.07) is 4.31. The van der Waals surface area contributed by atoms with E-state index in [1.165, 1.54) is 0 Å². The molecule has 2 fully saturated rings. The predicted molar refractivity (Wildman–Crippen MR) is 90.0 cm³/mol. The van der Waals surface area contributed by atoms with Crippen LogP contribution in [-0.2, 0) is 11.3 Å². The van der Waals surface area contributed by atoms with Crippen LogP contribution in [0.5, 0.6) is 0 Å². The van der Waals surface area contributed by atoms with Crippen LogP contribution >= 0.6 is 11.8 Å². The van der Waals surface area contributed by atoms with Crippen LogP contribution in [0.25, 0.3) is 0 Å². The standard InChI is InChI=1S/C16H22N4O2S/c21-14(18-9-11-4-3-7-17-8-11)6-2-1-5-13-15-12(10-23-13)19-16(22)20-15/h3-4,7-8,12-13,15H,1-2,5-6,9-10H2,(H,18,21)(H2,19,20,22)/t12-,13-,15-/m0/s1. The molecule has 3 heterocycles. The minimum atomic E-state index is -0.0416. The van der Waals surface area contributed by atoms with Gasteiger partial charge < -0.3 is 16.0 Å². The van der Waals surface area contributed by atoms with Gasteiger partial charge in [0.2, 0.25) is 5.91 Å². The first-order chi connectivity index (χ1) is 11.2. The van der Waals surface area contributed by atoms with E-state index >= 15 is 0 Å². The summed E-state index contributed by atoms with van der Waals surface area (Å²) in [5.74, 6) is 1.07. The largest absolute Gasteiger partial charge is 0.352 e. The second-order valence-corrected chi connectivity index (χ2v) is 7.28. The monoisotopic (exact) mass is 334 g/mol. The van der Waals surface area contributed by atoms with Crippen molar-refractivity contribution in [3.8, 4) is 0 Å². The third kappa shape index (κ3) is 4.37. The second kappa shape index (κ2) is 7.68. The molecule has 3 atom stereocenters. The fraction of sp³-hybridized carbons (Fsp3) is 0.562. The van der Waals surface area contributed by atoms with Gasteiger partial charge in [0.1, 0.15) is 0 Å². The molecule has 1 aromatic heterocycles. The number of unbranched alkanes of at least 4 members (excludes halogenated alkanes) is 1. The van der Waals surface area contributed by atoms with Crippen molar-refractivity contribution in [1.29, 1.82) is 0 Å². The van der Waals surface area contributed by atoms with Crippen molar-refractivity contribution in [3.63, 3.8) is 0 Å². The summed E-state index contributed by atoms with van der Waals surface area (Å²) in [6.07, 6.45) is 6.98. The molecule has 6 nitrogen and oxygen atoms in total. The minimum Gasteiger partial charge on any atom is -0.352 e. The molecule has 3 amide bonds. The zero-order valence-electron chi connectivity index (χ0n) is 13.0. The number of rotatable bonds is 7. The van der Waals surface area contributed by atoms with Crippen LogP contribution in [0.15, 0.2) is 24.5 Å². The summed E-state index contributed by atoms with van der Waals surface area (Å²) < 4.78 is 0. The maximum Gasteiger partial charge on any atom is 0.315 e. The van der Waals surface area contributed by atoms with E-state index < -0.39 is 0 Å². The molecule has 0 spiro atoms. The van der Waals surface area contributed by atoms with Crippen LogP contribution in [0.4, 0.5) is 4.79 Å². The molecule has 0 aliphatic carbocycles. The smallest absolute Gasteiger partial charge is 0.315 e. The number of carbonyl (C=O) groups excluding carboxylic acids is 2. The molecule has 0 bridgehead atoms. The summed E-state index contributed by atoms with van der Waals surface area (Å²) in [6.45, 7) is 0.534. The number of hydrogen-bond acceptors (Lipinski definition) is 4. The van der Waals surface area contributed by atoms with E-state index in [1.54, 1.807) is 12.4 Å². The maximum absolute atomic E-state index is 11.8. The fourth-order valence-corrected chi connectivity index (χ4v) is 4.61.